The SMILES string of the molecule is COc1ccc(NC(=O)c2cnn3c4c(cnc23)C(=O)CC(C)(C)C4)cc1. The predicted octanol–water partition coefficient (Wildman–Crippen LogP) is 3.15. The van der Waals surface area contributed by atoms with E-state index < -0.39 is 0 Å². The van der Waals surface area contributed by atoms with Crippen LogP contribution in [0.2, 0.25) is 0 Å². The van der Waals surface area contributed by atoms with E-state index in [2.05, 4.69) is 29.2 Å². The third-order valence-corrected chi connectivity index (χ3v) is 4.80. The molecule has 2 aromatic heterocycles. The Kier molecular flexibility index (Phi) is 3.95. The summed E-state index contributed by atoms with van der Waals surface area (Å²) < 4.78 is 6.74. The molecule has 0 bridgehead atoms. The normalized spacial score (nSPS) is 15.4. The molecule has 0 spiro atoms. The summed E-state index contributed by atoms with van der Waals surface area (Å²) in [7, 11) is 1.59. The van der Waals surface area contributed by atoms with Crippen LogP contribution < -0.4 is 10.1 Å². The lowest BCUT2D eigenvalue weighted by Gasteiger charge is -2.29. The van der Waals surface area contributed by atoms with Gasteiger partial charge in [-0.1, -0.05) is 13.8 Å². The molecule has 0 fully saturated rings. The van der Waals surface area contributed by atoms with Gasteiger partial charge in [-0.05, 0) is 36.1 Å². The van der Waals surface area contributed by atoms with Gasteiger partial charge in [0.15, 0.2) is 11.4 Å². The molecule has 4 rings (SSSR count). The molecule has 2 heterocycles. The van der Waals surface area contributed by atoms with Gasteiger partial charge in [0.2, 0.25) is 0 Å². The molecule has 0 unspecified atom stereocenters. The lowest BCUT2D eigenvalue weighted by Crippen LogP contribution is -2.29. The maximum atomic E-state index is 12.7. The van der Waals surface area contributed by atoms with Gasteiger partial charge in [0.05, 0.1) is 24.6 Å². The van der Waals surface area contributed by atoms with Crippen molar-refractivity contribution in [1.82, 2.24) is 14.6 Å². The zero-order chi connectivity index (χ0) is 19.2. The molecular formula is C20H20N4O3. The maximum Gasteiger partial charge on any atom is 0.261 e. The second-order valence-electron chi connectivity index (χ2n) is 7.54. The average Bonchev–Trinajstić information content (AvgIpc) is 3.06. The van der Waals surface area contributed by atoms with Crippen LogP contribution in [0.25, 0.3) is 5.65 Å². The molecule has 27 heavy (non-hydrogen) atoms. The first-order chi connectivity index (χ1) is 12.9. The van der Waals surface area contributed by atoms with Gasteiger partial charge in [0.1, 0.15) is 11.3 Å². The number of benzene rings is 1. The smallest absolute Gasteiger partial charge is 0.261 e. The molecule has 0 radical (unpaired) electrons. The molecule has 1 N–H and O–H groups in total. The highest BCUT2D eigenvalue weighted by Crippen LogP contribution is 2.34. The number of aromatic nitrogens is 3. The Labute approximate surface area is 156 Å². The Hall–Kier alpha value is -3.22. The number of amides is 1. The number of Topliss-reactive ketones (excluding diaryl/α,β-unsaturated/α-hetero) is 1. The van der Waals surface area contributed by atoms with Crippen LogP contribution >= 0.6 is 0 Å². The predicted molar refractivity (Wildman–Crippen MR) is 100 cm³/mol. The second kappa shape index (κ2) is 6.19. The topological polar surface area (TPSA) is 85.6 Å². The minimum absolute atomic E-state index is 0.0652. The Morgan fingerprint density at radius 2 is 1.93 bits per heavy atom. The van der Waals surface area contributed by atoms with Gasteiger partial charge in [-0.2, -0.15) is 5.10 Å². The maximum absolute atomic E-state index is 12.7. The molecule has 1 aromatic carbocycles. The zero-order valence-corrected chi connectivity index (χ0v) is 15.4. The van der Waals surface area contributed by atoms with E-state index in [1.165, 1.54) is 6.20 Å². The Morgan fingerprint density at radius 3 is 2.63 bits per heavy atom. The van der Waals surface area contributed by atoms with E-state index in [-0.39, 0.29) is 17.1 Å². The third kappa shape index (κ3) is 3.05. The monoisotopic (exact) mass is 364 g/mol. The summed E-state index contributed by atoms with van der Waals surface area (Å²) in [5, 5.41) is 7.18. The van der Waals surface area contributed by atoms with Crippen molar-refractivity contribution < 1.29 is 14.3 Å². The van der Waals surface area contributed by atoms with E-state index in [1.54, 1.807) is 42.1 Å². The average molecular weight is 364 g/mol. The number of methoxy groups -OCH3 is 1. The fourth-order valence-corrected chi connectivity index (χ4v) is 3.46. The van der Waals surface area contributed by atoms with Gasteiger partial charge in [0.25, 0.3) is 5.91 Å². The number of ketones is 1. The summed E-state index contributed by atoms with van der Waals surface area (Å²) in [6.45, 7) is 4.11. The van der Waals surface area contributed by atoms with E-state index >= 15 is 0 Å². The van der Waals surface area contributed by atoms with Crippen LogP contribution in [0, 0.1) is 5.41 Å². The summed E-state index contributed by atoms with van der Waals surface area (Å²) in [5.41, 5.74) is 2.72. The first-order valence-electron chi connectivity index (χ1n) is 8.72. The van der Waals surface area contributed by atoms with E-state index in [4.69, 9.17) is 4.74 Å². The van der Waals surface area contributed by atoms with Crippen LogP contribution in [0.4, 0.5) is 5.69 Å². The molecule has 0 saturated carbocycles. The Morgan fingerprint density at radius 1 is 1.19 bits per heavy atom. The zero-order valence-electron chi connectivity index (χ0n) is 15.4. The lowest BCUT2D eigenvalue weighted by atomic mass is 9.76. The van der Waals surface area contributed by atoms with Crippen molar-refractivity contribution in [1.29, 1.82) is 0 Å². The van der Waals surface area contributed by atoms with Crippen LogP contribution in [0.3, 0.4) is 0 Å². The fourth-order valence-electron chi connectivity index (χ4n) is 3.46. The van der Waals surface area contributed by atoms with E-state index in [1.807, 2.05) is 0 Å². The molecule has 1 aliphatic rings. The van der Waals surface area contributed by atoms with Crippen LogP contribution in [0.5, 0.6) is 5.75 Å². The first-order valence-corrected chi connectivity index (χ1v) is 8.72. The number of carbonyl (C=O) groups excluding carboxylic acids is 2. The van der Waals surface area contributed by atoms with Gasteiger partial charge in [-0.3, -0.25) is 9.59 Å². The number of nitrogens with one attached hydrogen (secondary N) is 1. The number of fused-ring (bicyclic) bond motifs is 3. The summed E-state index contributed by atoms with van der Waals surface area (Å²) in [6, 6.07) is 7.07. The largest absolute Gasteiger partial charge is 0.497 e. The van der Waals surface area contributed by atoms with Crippen LogP contribution in [-0.2, 0) is 6.42 Å². The number of hydrogen-bond acceptors (Lipinski definition) is 5. The molecule has 1 aliphatic carbocycles. The molecule has 1 amide bonds. The molecule has 0 aliphatic heterocycles. The number of carbonyl (C=O) groups is 2. The van der Waals surface area contributed by atoms with Gasteiger partial charge >= 0.3 is 0 Å². The van der Waals surface area contributed by atoms with Crippen LogP contribution in [-0.4, -0.2) is 33.4 Å². The van der Waals surface area contributed by atoms with Gasteiger partial charge < -0.3 is 10.1 Å². The van der Waals surface area contributed by atoms with Crippen molar-refractivity contribution in [3.05, 3.63) is 53.5 Å². The number of nitrogens with zero attached hydrogens (tertiary/aromatic N) is 3. The van der Waals surface area contributed by atoms with E-state index in [9.17, 15) is 9.59 Å². The number of ether oxygens (including phenoxy) is 1. The van der Waals surface area contributed by atoms with Crippen LogP contribution in [0.15, 0.2) is 36.7 Å². The minimum Gasteiger partial charge on any atom is -0.497 e. The number of rotatable bonds is 3. The molecular weight excluding hydrogens is 344 g/mol. The van der Waals surface area contributed by atoms with Crippen molar-refractivity contribution in [3.8, 4) is 5.75 Å². The molecule has 0 atom stereocenters. The van der Waals surface area contributed by atoms with Gasteiger partial charge in [-0.15, -0.1) is 0 Å². The Balaban J connectivity index is 1.69. The summed E-state index contributed by atoms with van der Waals surface area (Å²) >= 11 is 0. The molecule has 7 nitrogen and oxygen atoms in total. The standard InChI is InChI=1S/C20H20N4O3/c1-20(2)8-16-14(17(25)9-20)10-21-18-15(11-22-24(16)18)19(26)23-12-4-6-13(27-3)7-5-12/h4-7,10-11H,8-9H2,1-3H3,(H,23,26). The van der Waals surface area contributed by atoms with Gasteiger partial charge in [0, 0.05) is 18.3 Å². The molecule has 0 saturated heterocycles. The fraction of sp³-hybridized carbons (Fsp3) is 0.300. The highest BCUT2D eigenvalue weighted by atomic mass is 16.5. The Bertz CT molecular complexity index is 1050. The highest BCUT2D eigenvalue weighted by molar-refractivity contribution is 6.08. The van der Waals surface area contributed by atoms with E-state index in [0.717, 1.165) is 5.69 Å². The second-order valence-corrected chi connectivity index (χ2v) is 7.54. The third-order valence-electron chi connectivity index (χ3n) is 4.80. The summed E-state index contributed by atoms with van der Waals surface area (Å²) in [5.74, 6) is 0.476. The van der Waals surface area contributed by atoms with Crippen molar-refractivity contribution in [2.75, 3.05) is 12.4 Å². The van der Waals surface area contributed by atoms with Crippen molar-refractivity contribution in [2.45, 2.75) is 26.7 Å². The van der Waals surface area contributed by atoms with Crippen LogP contribution in [0.1, 0.15) is 46.7 Å². The molecule has 7 heteroatoms. The first kappa shape index (κ1) is 17.2. The van der Waals surface area contributed by atoms with Gasteiger partial charge in [-0.25, -0.2) is 9.50 Å². The summed E-state index contributed by atoms with van der Waals surface area (Å²) in [6.07, 6.45) is 4.25. The molecule has 138 valence electrons. The minimum atomic E-state index is -0.302. The number of hydrogen-bond donors (Lipinski definition) is 1. The quantitative estimate of drug-likeness (QED) is 0.772. The summed E-state index contributed by atoms with van der Waals surface area (Å²) in [4.78, 5) is 29.5. The van der Waals surface area contributed by atoms with Crippen molar-refractivity contribution in [3.63, 3.8) is 0 Å². The molecule has 3 aromatic rings. The lowest BCUT2D eigenvalue weighted by molar-refractivity contribution is 0.0908. The van der Waals surface area contributed by atoms with Crippen molar-refractivity contribution >= 4 is 23.0 Å². The van der Waals surface area contributed by atoms with Crippen molar-refractivity contribution in [2.24, 2.45) is 5.41 Å². The van der Waals surface area contributed by atoms with E-state index in [0.29, 0.717) is 41.1 Å². The number of anilines is 1. The highest BCUT2D eigenvalue weighted by Gasteiger charge is 2.33.